The number of amides is 6. The van der Waals surface area contributed by atoms with Gasteiger partial charge in [-0.15, -0.1) is 0 Å². The first-order chi connectivity index (χ1) is 28.5. The van der Waals surface area contributed by atoms with Crippen molar-refractivity contribution in [2.75, 3.05) is 24.5 Å². The van der Waals surface area contributed by atoms with E-state index in [1.165, 1.54) is 0 Å². The number of carbonyl (C=O) groups excluding carboxylic acids is 6. The molecule has 2 aliphatic rings. The first kappa shape index (κ1) is 43.7. The van der Waals surface area contributed by atoms with E-state index in [1.807, 2.05) is 22.8 Å². The number of rotatable bonds is 19. The third-order valence-electron chi connectivity index (χ3n) is 9.92. The monoisotopic (exact) mass is 830 g/mol. The molecule has 0 unspecified atom stereocenters. The van der Waals surface area contributed by atoms with E-state index < -0.39 is 109 Å². The minimum absolute atomic E-state index is 0.199. The molecule has 8 N–H and O–H groups in total. The van der Waals surface area contributed by atoms with Gasteiger partial charge in [0.25, 0.3) is 11.8 Å². The van der Waals surface area contributed by atoms with E-state index in [4.69, 9.17) is 5.11 Å². The summed E-state index contributed by atoms with van der Waals surface area (Å²) in [4.78, 5) is 130. The Morgan fingerprint density at radius 2 is 1.08 bits per heavy atom. The zero-order valence-corrected chi connectivity index (χ0v) is 31.9. The smallest absolute Gasteiger partial charge is 0.326 e. The predicted octanol–water partition coefficient (Wildman–Crippen LogP) is 0.117. The molecule has 0 saturated carbocycles. The summed E-state index contributed by atoms with van der Waals surface area (Å²) < 4.78 is 0. The largest absolute Gasteiger partial charge is 0.481 e. The fourth-order valence-electron chi connectivity index (χ4n) is 7.09. The van der Waals surface area contributed by atoms with Crippen LogP contribution in [0.25, 0.3) is 10.8 Å². The van der Waals surface area contributed by atoms with E-state index in [-0.39, 0.29) is 17.5 Å². The molecule has 3 aromatic rings. The van der Waals surface area contributed by atoms with E-state index in [0.29, 0.717) is 10.9 Å². The molecule has 1 saturated heterocycles. The second kappa shape index (κ2) is 19.4. The molecule has 6 amide bonds. The van der Waals surface area contributed by atoms with Gasteiger partial charge >= 0.3 is 23.9 Å². The number of carboxylic acid groups (broad SMARTS) is 4. The summed E-state index contributed by atoms with van der Waals surface area (Å²) in [6.45, 7) is 0.809. The molecule has 20 nitrogen and oxygen atoms in total. The second-order valence-corrected chi connectivity index (χ2v) is 14.2. The van der Waals surface area contributed by atoms with Crippen LogP contribution in [0.3, 0.4) is 0 Å². The number of carboxylic acids is 4. The molecule has 0 spiro atoms. The van der Waals surface area contributed by atoms with Gasteiger partial charge in [0.15, 0.2) is 0 Å². The highest BCUT2D eigenvalue weighted by Crippen LogP contribution is 2.36. The van der Waals surface area contributed by atoms with Crippen molar-refractivity contribution in [2.45, 2.75) is 69.1 Å². The van der Waals surface area contributed by atoms with Crippen LogP contribution in [0.5, 0.6) is 0 Å². The van der Waals surface area contributed by atoms with Gasteiger partial charge in [0.1, 0.15) is 30.7 Å². The van der Waals surface area contributed by atoms with Crippen molar-refractivity contribution >= 4 is 75.8 Å². The zero-order valence-electron chi connectivity index (χ0n) is 31.9. The van der Waals surface area contributed by atoms with Crippen molar-refractivity contribution in [1.29, 1.82) is 0 Å². The Morgan fingerprint density at radius 3 is 1.63 bits per heavy atom. The Labute approximate surface area is 340 Å². The zero-order chi connectivity index (χ0) is 43.7. The number of imide groups is 1. The van der Waals surface area contributed by atoms with Gasteiger partial charge in [-0.25, -0.2) is 4.79 Å². The number of hydrogen-bond donors (Lipinski definition) is 8. The molecule has 2 heterocycles. The average Bonchev–Trinajstić information content (AvgIpc) is 3.20. The lowest BCUT2D eigenvalue weighted by Crippen LogP contribution is -2.59. The van der Waals surface area contributed by atoms with Crippen LogP contribution in [0.15, 0.2) is 60.7 Å². The minimum atomic E-state index is -2.06. The summed E-state index contributed by atoms with van der Waals surface area (Å²) in [5.74, 6) is -13.1. The lowest BCUT2D eigenvalue weighted by Gasteiger charge is -2.32. The predicted molar refractivity (Wildman–Crippen MR) is 208 cm³/mol. The SMILES string of the molecule is O=C(O)C[C@H](NC(=O)[C@H](CC(=O)O)NC(=O)[C@H](CC(=O)O)NC(=O)[C@H](Cc1ccccc1)NC(=O)CN1C(=O)c2cccc3c(N4CCCCC4)ccc(c23)C1=O)C(=O)O. The number of carbonyl (C=O) groups is 10. The summed E-state index contributed by atoms with van der Waals surface area (Å²) in [6, 6.07) is 8.96. The van der Waals surface area contributed by atoms with Crippen LogP contribution in [0.4, 0.5) is 5.69 Å². The summed E-state index contributed by atoms with van der Waals surface area (Å²) in [6.07, 6.45) is -0.533. The number of piperidine rings is 1. The molecule has 0 bridgehead atoms. The third kappa shape index (κ3) is 10.8. The summed E-state index contributed by atoms with van der Waals surface area (Å²) in [5.41, 5.74) is 1.77. The Hall–Kier alpha value is -7.38. The number of aliphatic carboxylic acids is 4. The van der Waals surface area contributed by atoms with Gasteiger partial charge in [0.2, 0.25) is 23.6 Å². The van der Waals surface area contributed by atoms with Crippen molar-refractivity contribution in [1.82, 2.24) is 26.2 Å². The standard InChI is InChI=1S/C40H42N6O14/c47-30(20-46-38(57)23-11-7-10-22-29(45-14-5-2-6-15-45)13-12-24(34(22)23)39(46)58)41-25(16-21-8-3-1-4-9-21)35(54)42-26(17-31(48)49)36(55)43-27(18-32(50)51)37(56)44-28(40(59)60)19-33(52)53/h1,3-4,7-13,25-28H,2,5-6,14-20H2,(H,41,47)(H,42,54)(H,43,55)(H,44,56)(H,48,49)(H,50,51)(H,52,53)(H,59,60)/t25-,26-,27-,28-/m0/s1. The summed E-state index contributed by atoms with van der Waals surface area (Å²) >= 11 is 0. The van der Waals surface area contributed by atoms with Crippen molar-refractivity contribution in [2.24, 2.45) is 0 Å². The van der Waals surface area contributed by atoms with Crippen LogP contribution in [-0.2, 0) is 44.8 Å². The molecule has 60 heavy (non-hydrogen) atoms. The Morgan fingerprint density at radius 1 is 0.567 bits per heavy atom. The van der Waals surface area contributed by atoms with E-state index in [0.717, 1.165) is 48.3 Å². The van der Waals surface area contributed by atoms with Crippen LogP contribution in [0, 0.1) is 0 Å². The number of nitrogens with one attached hydrogen (secondary N) is 4. The summed E-state index contributed by atoms with van der Waals surface area (Å²) in [5, 5.41) is 46.8. The topological polar surface area (TPSA) is 306 Å². The maximum atomic E-state index is 13.8. The highest BCUT2D eigenvalue weighted by molar-refractivity contribution is 6.27. The molecule has 20 heteroatoms. The van der Waals surface area contributed by atoms with Crippen LogP contribution < -0.4 is 26.2 Å². The van der Waals surface area contributed by atoms with E-state index in [9.17, 15) is 63.3 Å². The maximum absolute atomic E-state index is 13.8. The Kier molecular flexibility index (Phi) is 14.1. The number of hydrogen-bond acceptors (Lipinski definition) is 11. The van der Waals surface area contributed by atoms with Gasteiger partial charge in [-0.3, -0.25) is 48.1 Å². The molecule has 1 fully saturated rings. The number of anilines is 1. The first-order valence-corrected chi connectivity index (χ1v) is 18.8. The van der Waals surface area contributed by atoms with Crippen molar-refractivity contribution < 1.29 is 68.4 Å². The minimum Gasteiger partial charge on any atom is -0.481 e. The molecular weight excluding hydrogens is 788 g/mol. The van der Waals surface area contributed by atoms with Crippen molar-refractivity contribution in [3.05, 3.63) is 77.4 Å². The van der Waals surface area contributed by atoms with Gasteiger partial charge in [-0.05, 0) is 43.0 Å². The lowest BCUT2D eigenvalue weighted by molar-refractivity contribution is -0.148. The molecular formula is C40H42N6O14. The molecule has 3 aromatic carbocycles. The highest BCUT2D eigenvalue weighted by atomic mass is 16.4. The Balaban J connectivity index is 1.35. The highest BCUT2D eigenvalue weighted by Gasteiger charge is 2.37. The van der Waals surface area contributed by atoms with Crippen LogP contribution >= 0.6 is 0 Å². The molecule has 5 rings (SSSR count). The van der Waals surface area contributed by atoms with E-state index in [2.05, 4.69) is 15.5 Å². The molecule has 0 aliphatic carbocycles. The summed E-state index contributed by atoms with van der Waals surface area (Å²) in [7, 11) is 0. The van der Waals surface area contributed by atoms with Crippen molar-refractivity contribution in [3.63, 3.8) is 0 Å². The second-order valence-electron chi connectivity index (χ2n) is 14.2. The van der Waals surface area contributed by atoms with Crippen LogP contribution in [0.1, 0.15) is 64.8 Å². The van der Waals surface area contributed by atoms with Crippen molar-refractivity contribution in [3.8, 4) is 0 Å². The van der Waals surface area contributed by atoms with Gasteiger partial charge in [-0.2, -0.15) is 0 Å². The van der Waals surface area contributed by atoms with Gasteiger partial charge < -0.3 is 46.6 Å². The fraction of sp³-hybridized carbons (Fsp3) is 0.350. The van der Waals surface area contributed by atoms with Gasteiger partial charge in [0, 0.05) is 47.1 Å². The fourth-order valence-corrected chi connectivity index (χ4v) is 7.09. The first-order valence-electron chi connectivity index (χ1n) is 18.8. The maximum Gasteiger partial charge on any atom is 0.326 e. The average molecular weight is 831 g/mol. The van der Waals surface area contributed by atoms with Crippen LogP contribution in [-0.4, -0.2) is 128 Å². The van der Waals surface area contributed by atoms with E-state index in [1.54, 1.807) is 48.5 Å². The molecule has 0 aromatic heterocycles. The van der Waals surface area contributed by atoms with Crippen LogP contribution in [0.2, 0.25) is 0 Å². The third-order valence-corrected chi connectivity index (χ3v) is 9.92. The molecule has 0 radical (unpaired) electrons. The molecule has 4 atom stereocenters. The molecule has 316 valence electrons. The quantitative estimate of drug-likeness (QED) is 0.0744. The van der Waals surface area contributed by atoms with Gasteiger partial charge in [-0.1, -0.05) is 42.5 Å². The number of nitrogens with zero attached hydrogens (tertiary/aromatic N) is 2. The molecule has 2 aliphatic heterocycles. The normalized spacial score (nSPS) is 15.5. The number of benzene rings is 3. The Bertz CT molecular complexity index is 2200. The van der Waals surface area contributed by atoms with E-state index >= 15 is 0 Å². The lowest BCUT2D eigenvalue weighted by atomic mass is 9.92. The van der Waals surface area contributed by atoms with Gasteiger partial charge in [0.05, 0.1) is 19.3 Å².